The molecule has 2 rings (SSSR count). The zero-order chi connectivity index (χ0) is 12.3. The van der Waals surface area contributed by atoms with Crippen LogP contribution in [-0.2, 0) is 13.5 Å². The summed E-state index contributed by atoms with van der Waals surface area (Å²) in [7, 11) is 2.01. The quantitative estimate of drug-likeness (QED) is 0.868. The molecule has 1 aliphatic heterocycles. The van der Waals surface area contributed by atoms with Crippen LogP contribution in [0.4, 0.5) is 0 Å². The molecule has 1 fully saturated rings. The number of nitrogens with zero attached hydrogens (tertiary/aromatic N) is 3. The van der Waals surface area contributed by atoms with Gasteiger partial charge in [-0.3, -0.25) is 4.68 Å². The van der Waals surface area contributed by atoms with Crippen LogP contribution in [-0.4, -0.2) is 27.9 Å². The first-order valence-electron chi connectivity index (χ1n) is 6.77. The Labute approximate surface area is 104 Å². The first-order valence-corrected chi connectivity index (χ1v) is 6.77. The standard InChI is InChI=1S/C13H24N4/c1-10(2)13-15-12(17(3)16-13)5-4-11-6-8-14-9-7-11/h10-11,14H,4-9H2,1-3H3. The van der Waals surface area contributed by atoms with Crippen LogP contribution in [0.25, 0.3) is 0 Å². The lowest BCUT2D eigenvalue weighted by Gasteiger charge is -2.22. The van der Waals surface area contributed by atoms with Crippen LogP contribution in [0.1, 0.15) is 50.7 Å². The number of aromatic nitrogens is 3. The molecule has 0 amide bonds. The molecule has 17 heavy (non-hydrogen) atoms. The van der Waals surface area contributed by atoms with Crippen LogP contribution in [0.15, 0.2) is 0 Å². The number of nitrogens with one attached hydrogen (secondary N) is 1. The predicted octanol–water partition coefficient (Wildman–Crippen LogP) is 1.87. The highest BCUT2D eigenvalue weighted by molar-refractivity contribution is 4.97. The summed E-state index contributed by atoms with van der Waals surface area (Å²) in [6, 6.07) is 0. The fourth-order valence-corrected chi connectivity index (χ4v) is 2.40. The van der Waals surface area contributed by atoms with Crippen molar-refractivity contribution >= 4 is 0 Å². The van der Waals surface area contributed by atoms with E-state index >= 15 is 0 Å². The van der Waals surface area contributed by atoms with Gasteiger partial charge in [0.15, 0.2) is 5.82 Å². The molecule has 0 bridgehead atoms. The highest BCUT2D eigenvalue weighted by Crippen LogP contribution is 2.18. The lowest BCUT2D eigenvalue weighted by Crippen LogP contribution is -2.28. The smallest absolute Gasteiger partial charge is 0.153 e. The van der Waals surface area contributed by atoms with Crippen molar-refractivity contribution in [2.24, 2.45) is 13.0 Å². The van der Waals surface area contributed by atoms with Crippen LogP contribution in [0.5, 0.6) is 0 Å². The molecule has 4 nitrogen and oxygen atoms in total. The second-order valence-electron chi connectivity index (χ2n) is 5.40. The van der Waals surface area contributed by atoms with Gasteiger partial charge in [-0.1, -0.05) is 13.8 Å². The Bertz CT molecular complexity index is 350. The maximum Gasteiger partial charge on any atom is 0.153 e. The van der Waals surface area contributed by atoms with Gasteiger partial charge >= 0.3 is 0 Å². The number of rotatable bonds is 4. The third kappa shape index (κ3) is 3.28. The Morgan fingerprint density at radius 3 is 2.65 bits per heavy atom. The first-order chi connectivity index (χ1) is 8.16. The van der Waals surface area contributed by atoms with Crippen molar-refractivity contribution < 1.29 is 0 Å². The van der Waals surface area contributed by atoms with E-state index in [1.165, 1.54) is 32.4 Å². The van der Waals surface area contributed by atoms with E-state index < -0.39 is 0 Å². The summed E-state index contributed by atoms with van der Waals surface area (Å²) >= 11 is 0. The van der Waals surface area contributed by atoms with E-state index in [1.54, 1.807) is 0 Å². The van der Waals surface area contributed by atoms with Gasteiger partial charge in [0.1, 0.15) is 5.82 Å². The summed E-state index contributed by atoms with van der Waals surface area (Å²) in [4.78, 5) is 4.63. The molecule has 0 saturated carbocycles. The van der Waals surface area contributed by atoms with E-state index in [0.29, 0.717) is 5.92 Å². The summed E-state index contributed by atoms with van der Waals surface area (Å²) in [5.74, 6) is 3.42. The topological polar surface area (TPSA) is 42.7 Å². The average molecular weight is 236 g/mol. The highest BCUT2D eigenvalue weighted by Gasteiger charge is 2.15. The van der Waals surface area contributed by atoms with E-state index in [9.17, 15) is 0 Å². The molecule has 1 aromatic heterocycles. The molecule has 0 radical (unpaired) electrons. The molecule has 1 saturated heterocycles. The second-order valence-corrected chi connectivity index (χ2v) is 5.40. The van der Waals surface area contributed by atoms with Gasteiger partial charge in [0, 0.05) is 19.4 Å². The van der Waals surface area contributed by atoms with Crippen molar-refractivity contribution in [2.75, 3.05) is 13.1 Å². The van der Waals surface area contributed by atoms with E-state index in [1.807, 2.05) is 11.7 Å². The summed E-state index contributed by atoms with van der Waals surface area (Å²) < 4.78 is 1.95. The molecule has 1 N–H and O–H groups in total. The number of aryl methyl sites for hydroxylation is 2. The van der Waals surface area contributed by atoms with Gasteiger partial charge < -0.3 is 5.32 Å². The van der Waals surface area contributed by atoms with Gasteiger partial charge in [-0.05, 0) is 38.3 Å². The minimum atomic E-state index is 0.425. The summed E-state index contributed by atoms with van der Waals surface area (Å²) in [5.41, 5.74) is 0. The van der Waals surface area contributed by atoms with Crippen molar-refractivity contribution in [3.05, 3.63) is 11.6 Å². The van der Waals surface area contributed by atoms with Gasteiger partial charge in [-0.25, -0.2) is 4.98 Å². The van der Waals surface area contributed by atoms with Crippen LogP contribution in [0, 0.1) is 5.92 Å². The summed E-state index contributed by atoms with van der Waals surface area (Å²) in [6.45, 7) is 6.65. The third-order valence-corrected chi connectivity index (χ3v) is 3.62. The van der Waals surface area contributed by atoms with Crippen molar-refractivity contribution in [2.45, 2.75) is 45.4 Å². The third-order valence-electron chi connectivity index (χ3n) is 3.62. The predicted molar refractivity (Wildman–Crippen MR) is 69.0 cm³/mol. The van der Waals surface area contributed by atoms with E-state index in [-0.39, 0.29) is 0 Å². The zero-order valence-electron chi connectivity index (χ0n) is 11.2. The molecular formula is C13H24N4. The molecule has 1 aromatic rings. The Kier molecular flexibility index (Phi) is 4.15. The molecule has 0 aromatic carbocycles. The number of hydrogen-bond acceptors (Lipinski definition) is 3. The molecule has 0 atom stereocenters. The van der Waals surface area contributed by atoms with Gasteiger partial charge in [-0.2, -0.15) is 5.10 Å². The molecule has 0 aliphatic carbocycles. The van der Waals surface area contributed by atoms with Crippen LogP contribution in [0.2, 0.25) is 0 Å². The minimum Gasteiger partial charge on any atom is -0.317 e. The maximum atomic E-state index is 4.63. The monoisotopic (exact) mass is 236 g/mol. The highest BCUT2D eigenvalue weighted by atomic mass is 15.3. The normalized spacial score (nSPS) is 17.9. The SMILES string of the molecule is CC(C)c1nc(CCC2CCNCC2)n(C)n1. The molecule has 96 valence electrons. The van der Waals surface area contributed by atoms with E-state index in [2.05, 4.69) is 29.2 Å². The molecule has 0 spiro atoms. The Hall–Kier alpha value is -0.900. The molecule has 1 aliphatic rings. The average Bonchev–Trinajstić information content (AvgIpc) is 2.70. The number of hydrogen-bond donors (Lipinski definition) is 1. The minimum absolute atomic E-state index is 0.425. The lowest BCUT2D eigenvalue weighted by atomic mass is 9.93. The van der Waals surface area contributed by atoms with Crippen LogP contribution >= 0.6 is 0 Å². The van der Waals surface area contributed by atoms with Gasteiger partial charge in [-0.15, -0.1) is 0 Å². The second kappa shape index (κ2) is 5.63. The lowest BCUT2D eigenvalue weighted by molar-refractivity contribution is 0.351. The zero-order valence-corrected chi connectivity index (χ0v) is 11.2. The van der Waals surface area contributed by atoms with Crippen molar-refractivity contribution in [3.63, 3.8) is 0 Å². The summed E-state index contributed by atoms with van der Waals surface area (Å²) in [5, 5.41) is 7.88. The Balaban J connectivity index is 1.89. The Morgan fingerprint density at radius 1 is 1.35 bits per heavy atom. The van der Waals surface area contributed by atoms with Crippen molar-refractivity contribution in [1.82, 2.24) is 20.1 Å². The van der Waals surface area contributed by atoms with E-state index in [0.717, 1.165) is 24.0 Å². The molecule has 4 heteroatoms. The molecule has 2 heterocycles. The van der Waals surface area contributed by atoms with Gasteiger partial charge in [0.05, 0.1) is 0 Å². The molecule has 0 unspecified atom stereocenters. The Morgan fingerprint density at radius 2 is 2.06 bits per heavy atom. The van der Waals surface area contributed by atoms with Crippen molar-refractivity contribution in [3.8, 4) is 0 Å². The van der Waals surface area contributed by atoms with E-state index in [4.69, 9.17) is 0 Å². The number of piperidine rings is 1. The molecular weight excluding hydrogens is 212 g/mol. The van der Waals surface area contributed by atoms with Gasteiger partial charge in [0.25, 0.3) is 0 Å². The van der Waals surface area contributed by atoms with Crippen LogP contribution in [0.3, 0.4) is 0 Å². The fourth-order valence-electron chi connectivity index (χ4n) is 2.40. The van der Waals surface area contributed by atoms with Crippen molar-refractivity contribution in [1.29, 1.82) is 0 Å². The first kappa shape index (κ1) is 12.6. The maximum absolute atomic E-state index is 4.63. The van der Waals surface area contributed by atoms with Crippen LogP contribution < -0.4 is 5.32 Å². The van der Waals surface area contributed by atoms with Gasteiger partial charge in [0.2, 0.25) is 0 Å². The summed E-state index contributed by atoms with van der Waals surface area (Å²) in [6.07, 6.45) is 4.95. The fraction of sp³-hybridized carbons (Fsp3) is 0.846. The largest absolute Gasteiger partial charge is 0.317 e.